The molecule has 0 radical (unpaired) electrons. The Kier molecular flexibility index (Phi) is 7.26. The fourth-order valence-electron chi connectivity index (χ4n) is 1.38. The van der Waals surface area contributed by atoms with Crippen molar-refractivity contribution in [3.05, 3.63) is 29.8 Å². The van der Waals surface area contributed by atoms with Gasteiger partial charge in [-0.15, -0.1) is 0 Å². The van der Waals surface area contributed by atoms with Crippen molar-refractivity contribution in [1.82, 2.24) is 0 Å². The van der Waals surface area contributed by atoms with Crippen molar-refractivity contribution in [2.45, 2.75) is 32.6 Å². The Bertz CT molecular complexity index is 454. The molecule has 1 rings (SSSR count). The molecule has 0 aliphatic carbocycles. The molecule has 5 heteroatoms. The Labute approximate surface area is 117 Å². The summed E-state index contributed by atoms with van der Waals surface area (Å²) in [5, 5.41) is 0. The van der Waals surface area contributed by atoms with Crippen molar-refractivity contribution in [3.63, 3.8) is 0 Å². The van der Waals surface area contributed by atoms with Gasteiger partial charge in [0.25, 0.3) is 0 Å². The molecule has 0 unspecified atom stereocenters. The predicted octanol–water partition coefficient (Wildman–Crippen LogP) is 2.39. The molecule has 0 aromatic heterocycles. The summed E-state index contributed by atoms with van der Waals surface area (Å²) in [5.41, 5.74) is 0.928. The van der Waals surface area contributed by atoms with Crippen LogP contribution in [-0.4, -0.2) is 44.1 Å². The van der Waals surface area contributed by atoms with Crippen molar-refractivity contribution in [2.75, 3.05) is 26.7 Å². The lowest BCUT2D eigenvalue weighted by Crippen LogP contribution is -2.42. The summed E-state index contributed by atoms with van der Waals surface area (Å²) in [6, 6.07) is 5.78. The average Bonchev–Trinajstić information content (AvgIpc) is 2.38. The minimum Gasteiger partial charge on any atom is -0.744 e. The summed E-state index contributed by atoms with van der Waals surface area (Å²) < 4.78 is 32.4. The first-order valence-corrected chi connectivity index (χ1v) is 7.95. The van der Waals surface area contributed by atoms with Crippen LogP contribution in [0.5, 0.6) is 0 Å². The zero-order chi connectivity index (χ0) is 15.1. The third-order valence-electron chi connectivity index (χ3n) is 3.60. The van der Waals surface area contributed by atoms with Crippen molar-refractivity contribution in [3.8, 4) is 0 Å². The van der Waals surface area contributed by atoms with Crippen LogP contribution in [0, 0.1) is 6.92 Å². The fourth-order valence-corrected chi connectivity index (χ4v) is 1.85. The molecule has 4 nitrogen and oxygen atoms in total. The van der Waals surface area contributed by atoms with Crippen molar-refractivity contribution in [1.29, 1.82) is 0 Å². The second-order valence-corrected chi connectivity index (χ2v) is 6.22. The first-order valence-electron chi connectivity index (χ1n) is 6.54. The van der Waals surface area contributed by atoms with Crippen LogP contribution in [0.25, 0.3) is 0 Å². The highest BCUT2D eigenvalue weighted by molar-refractivity contribution is 7.85. The van der Waals surface area contributed by atoms with Gasteiger partial charge >= 0.3 is 0 Å². The van der Waals surface area contributed by atoms with Crippen LogP contribution in [0.3, 0.4) is 0 Å². The first kappa shape index (κ1) is 18.1. The minimum atomic E-state index is -4.27. The van der Waals surface area contributed by atoms with Gasteiger partial charge in [0.2, 0.25) is 0 Å². The number of hydrogen-bond acceptors (Lipinski definition) is 3. The van der Waals surface area contributed by atoms with E-state index in [4.69, 9.17) is 0 Å². The van der Waals surface area contributed by atoms with Gasteiger partial charge in [-0.05, 0) is 39.8 Å². The van der Waals surface area contributed by atoms with Gasteiger partial charge in [-0.1, -0.05) is 17.7 Å². The van der Waals surface area contributed by atoms with Crippen molar-refractivity contribution < 1.29 is 17.5 Å². The molecule has 0 aliphatic heterocycles. The summed E-state index contributed by atoms with van der Waals surface area (Å²) in [6.45, 7) is 12.3. The maximum Gasteiger partial charge on any atom is 0.124 e. The van der Waals surface area contributed by atoms with Gasteiger partial charge in [-0.25, -0.2) is 8.42 Å². The van der Waals surface area contributed by atoms with E-state index in [0.717, 1.165) is 5.56 Å². The Morgan fingerprint density at radius 1 is 1.00 bits per heavy atom. The van der Waals surface area contributed by atoms with E-state index in [1.54, 1.807) is 12.1 Å². The van der Waals surface area contributed by atoms with Crippen molar-refractivity contribution >= 4 is 10.1 Å². The van der Waals surface area contributed by atoms with E-state index in [0.29, 0.717) is 0 Å². The first-order chi connectivity index (χ1) is 8.68. The normalized spacial score (nSPS) is 11.7. The molecule has 110 valence electrons. The largest absolute Gasteiger partial charge is 0.744 e. The molecule has 0 fully saturated rings. The molecule has 1 aromatic rings. The van der Waals surface area contributed by atoms with Gasteiger partial charge in [0, 0.05) is 0 Å². The fraction of sp³-hybridized carbons (Fsp3) is 0.571. The van der Waals surface area contributed by atoms with Crippen molar-refractivity contribution in [2.24, 2.45) is 0 Å². The lowest BCUT2D eigenvalue weighted by atomic mass is 10.2. The predicted molar refractivity (Wildman–Crippen MR) is 76.9 cm³/mol. The van der Waals surface area contributed by atoms with E-state index >= 15 is 0 Å². The van der Waals surface area contributed by atoms with Gasteiger partial charge in [0.1, 0.15) is 10.1 Å². The number of nitrogens with zero attached hydrogens (tertiary/aromatic N) is 1. The summed E-state index contributed by atoms with van der Waals surface area (Å²) in [5.74, 6) is 0. The number of rotatable bonds is 4. The highest BCUT2D eigenvalue weighted by Gasteiger charge is 2.10. The monoisotopic (exact) mass is 287 g/mol. The zero-order valence-electron chi connectivity index (χ0n) is 12.5. The maximum absolute atomic E-state index is 10.4. The second kappa shape index (κ2) is 7.62. The lowest BCUT2D eigenvalue weighted by molar-refractivity contribution is -0.904. The van der Waals surface area contributed by atoms with Crippen LogP contribution < -0.4 is 0 Å². The van der Waals surface area contributed by atoms with Crippen LogP contribution in [0.4, 0.5) is 0 Å². The molecule has 0 N–H and O–H groups in total. The van der Waals surface area contributed by atoms with Crippen LogP contribution in [0.1, 0.15) is 26.3 Å². The van der Waals surface area contributed by atoms with E-state index in [-0.39, 0.29) is 4.90 Å². The van der Waals surface area contributed by atoms with Gasteiger partial charge < -0.3 is 9.04 Å². The van der Waals surface area contributed by atoms with E-state index < -0.39 is 10.1 Å². The molecule has 0 saturated heterocycles. The SMILES string of the molecule is CC[N+](C)(CC)CC.Cc1ccc(S(=O)(=O)[O-])cc1. The lowest BCUT2D eigenvalue weighted by Gasteiger charge is -2.30. The summed E-state index contributed by atoms with van der Waals surface area (Å²) >= 11 is 0. The highest BCUT2D eigenvalue weighted by Crippen LogP contribution is 2.08. The van der Waals surface area contributed by atoms with E-state index in [1.807, 2.05) is 6.92 Å². The zero-order valence-corrected chi connectivity index (χ0v) is 13.3. The molecule has 0 heterocycles. The van der Waals surface area contributed by atoms with E-state index in [9.17, 15) is 13.0 Å². The molecule has 19 heavy (non-hydrogen) atoms. The van der Waals surface area contributed by atoms with Crippen LogP contribution in [0.15, 0.2) is 29.2 Å². The Balaban J connectivity index is 0.000000362. The molecular formula is C14H25NO3S. The number of quaternary nitrogens is 1. The third-order valence-corrected chi connectivity index (χ3v) is 4.45. The number of hydrogen-bond donors (Lipinski definition) is 0. The molecule has 0 saturated carbocycles. The number of aryl methyl sites for hydroxylation is 1. The Morgan fingerprint density at radius 2 is 1.37 bits per heavy atom. The quantitative estimate of drug-likeness (QED) is 0.631. The topological polar surface area (TPSA) is 57.2 Å². The third kappa shape index (κ3) is 6.71. The van der Waals surface area contributed by atoms with Crippen LogP contribution in [-0.2, 0) is 10.1 Å². The molecule has 0 amide bonds. The van der Waals surface area contributed by atoms with Gasteiger partial charge in [-0.2, -0.15) is 0 Å². The Morgan fingerprint density at radius 3 is 1.58 bits per heavy atom. The summed E-state index contributed by atoms with van der Waals surface area (Å²) in [6.07, 6.45) is 0. The second-order valence-electron chi connectivity index (χ2n) is 4.84. The van der Waals surface area contributed by atoms with Gasteiger partial charge in [0.05, 0.1) is 31.6 Å². The van der Waals surface area contributed by atoms with E-state index in [2.05, 4.69) is 27.8 Å². The molecule has 0 spiro atoms. The molecule has 0 atom stereocenters. The molecule has 1 aromatic carbocycles. The summed E-state index contributed by atoms with van der Waals surface area (Å²) in [4.78, 5) is -0.178. The average molecular weight is 287 g/mol. The maximum atomic E-state index is 10.4. The van der Waals surface area contributed by atoms with E-state index in [1.165, 1.54) is 36.3 Å². The molecule has 0 aliphatic rings. The summed E-state index contributed by atoms with van der Waals surface area (Å²) in [7, 11) is -1.98. The standard InChI is InChI=1S/C7H18N.C7H8O3S/c1-5-8(4,6-2)7-3;1-6-2-4-7(5-3-6)11(8,9)10/h5-7H2,1-4H3;2-5H,1H3,(H,8,9,10)/q+1;/p-1. The van der Waals surface area contributed by atoms with Crippen LogP contribution >= 0.6 is 0 Å². The molecular weight excluding hydrogens is 262 g/mol. The van der Waals surface area contributed by atoms with Gasteiger partial charge in [0.15, 0.2) is 0 Å². The van der Waals surface area contributed by atoms with Gasteiger partial charge in [-0.3, -0.25) is 0 Å². The smallest absolute Gasteiger partial charge is 0.124 e. The number of benzene rings is 1. The Hall–Kier alpha value is -0.910. The van der Waals surface area contributed by atoms with Crippen LogP contribution in [0.2, 0.25) is 0 Å². The highest BCUT2D eigenvalue weighted by atomic mass is 32.2. The minimum absolute atomic E-state index is 0.178. The molecule has 0 bridgehead atoms.